The van der Waals surface area contributed by atoms with Crippen LogP contribution in [-0.4, -0.2) is 87.4 Å². The molecule has 4 N–H and O–H groups in total. The molecular formula is C31H36FN5O5S2. The van der Waals surface area contributed by atoms with E-state index in [9.17, 15) is 24.2 Å². The van der Waals surface area contributed by atoms with Crippen LogP contribution in [0.25, 0.3) is 10.2 Å². The van der Waals surface area contributed by atoms with Crippen molar-refractivity contribution in [3.63, 3.8) is 0 Å². The Labute approximate surface area is 262 Å². The minimum Gasteiger partial charge on any atom is -0.506 e. The van der Waals surface area contributed by atoms with Gasteiger partial charge in [-0.25, -0.2) is 9.37 Å². The summed E-state index contributed by atoms with van der Waals surface area (Å²) in [6.45, 7) is 6.54. The molecule has 234 valence electrons. The first-order valence-electron chi connectivity index (χ1n) is 14.8. The van der Waals surface area contributed by atoms with Crippen LogP contribution in [0.1, 0.15) is 51.1 Å². The van der Waals surface area contributed by atoms with Crippen LogP contribution in [0.3, 0.4) is 0 Å². The molecule has 1 spiro atoms. The lowest BCUT2D eigenvalue weighted by Gasteiger charge is -2.47. The highest BCUT2D eigenvalue weighted by Crippen LogP contribution is 2.33. The van der Waals surface area contributed by atoms with Gasteiger partial charge < -0.3 is 30.2 Å². The van der Waals surface area contributed by atoms with Crippen molar-refractivity contribution in [1.29, 1.82) is 0 Å². The van der Waals surface area contributed by atoms with Crippen LogP contribution < -0.4 is 10.2 Å². The van der Waals surface area contributed by atoms with E-state index in [0.717, 1.165) is 53.4 Å². The molecule has 6 rings (SSSR count). The van der Waals surface area contributed by atoms with E-state index in [4.69, 9.17) is 4.74 Å². The number of halogens is 1. The molecule has 44 heavy (non-hydrogen) atoms. The van der Waals surface area contributed by atoms with Gasteiger partial charge >= 0.3 is 4.87 Å². The van der Waals surface area contributed by atoms with Crippen molar-refractivity contribution in [3.05, 3.63) is 78.6 Å². The van der Waals surface area contributed by atoms with E-state index in [1.54, 1.807) is 18.2 Å². The highest BCUT2D eigenvalue weighted by molar-refractivity contribution is 7.16. The Morgan fingerprint density at radius 3 is 2.80 bits per heavy atom. The first kappa shape index (κ1) is 30.8. The number of benzene rings is 2. The summed E-state index contributed by atoms with van der Waals surface area (Å²) in [5.41, 5.74) is 2.82. The number of phenolic OH excluding ortho intramolecular Hbond substituents is 1. The summed E-state index contributed by atoms with van der Waals surface area (Å²) in [5.74, 6) is -0.342. The molecule has 2 aliphatic heterocycles. The van der Waals surface area contributed by atoms with Gasteiger partial charge in [0.25, 0.3) is 5.91 Å². The molecular weight excluding hydrogens is 606 g/mol. The van der Waals surface area contributed by atoms with E-state index < -0.39 is 6.10 Å². The fraction of sp³-hybridized carbons (Fsp3) is 0.452. The predicted octanol–water partition coefficient (Wildman–Crippen LogP) is 3.57. The van der Waals surface area contributed by atoms with Crippen LogP contribution in [-0.2, 0) is 17.7 Å². The molecule has 4 heterocycles. The number of ether oxygens (including phenoxy) is 1. The summed E-state index contributed by atoms with van der Waals surface area (Å²) < 4.78 is 21.4. The lowest BCUT2D eigenvalue weighted by atomic mass is 9.89. The number of carbonyl (C=O) groups excluding carboxylic acids is 1. The third-order valence-corrected chi connectivity index (χ3v) is 10.1. The number of aryl methyl sites for hydroxylation is 1. The van der Waals surface area contributed by atoms with Crippen LogP contribution >= 0.6 is 22.7 Å². The van der Waals surface area contributed by atoms with Crippen molar-refractivity contribution in [1.82, 2.24) is 25.1 Å². The number of aromatic nitrogens is 2. The summed E-state index contributed by atoms with van der Waals surface area (Å²) in [7, 11) is 0. The van der Waals surface area contributed by atoms with Gasteiger partial charge in [-0.1, -0.05) is 23.5 Å². The average molecular weight is 642 g/mol. The number of aliphatic hydroxyl groups is 1. The lowest BCUT2D eigenvalue weighted by Crippen LogP contribution is -2.58. The lowest BCUT2D eigenvalue weighted by molar-refractivity contribution is -0.128. The number of H-pyrrole nitrogens is 1. The Bertz CT molecular complexity index is 1700. The SMILES string of the molecule is Cc1nc(C(=O)N2CCOC3(CCN(Cc4cc(F)cc(CCNC[C@H](O)c5ccc(O)c6[nH]c(=O)sc56)c4)CC3)C2)cs1. The number of morpholine rings is 1. The first-order chi connectivity index (χ1) is 21.2. The Kier molecular flexibility index (Phi) is 9.13. The Hall–Kier alpha value is -3.20. The van der Waals surface area contributed by atoms with E-state index >= 15 is 0 Å². The number of hydrogen-bond donors (Lipinski definition) is 4. The molecule has 13 heteroatoms. The number of aromatic hydroxyl groups is 1. The second-order valence-corrected chi connectivity index (χ2v) is 13.7. The number of likely N-dealkylation sites (tertiary alicyclic amines) is 1. The molecule has 0 bridgehead atoms. The van der Waals surface area contributed by atoms with Gasteiger partial charge in [-0.15, -0.1) is 11.3 Å². The standard InChI is InChI=1S/C31H36FN5O5S2/c1-19-34-24(17-43-19)29(40)37-10-11-42-31(18-37)5-8-36(9-6-31)16-21-12-20(13-22(32)14-21)4-7-33-15-26(39)23-2-3-25(38)27-28(23)44-30(41)35-27/h2-3,12-14,17,26,33,38-39H,4-11,15-16,18H2,1H3,(H,35,41)/t26-/m0/s1. The quantitative estimate of drug-likeness (QED) is 0.204. The van der Waals surface area contributed by atoms with Crippen LogP contribution in [0.15, 0.2) is 40.5 Å². The molecule has 4 aromatic rings. The maximum Gasteiger partial charge on any atom is 0.305 e. The maximum atomic E-state index is 14.6. The van der Waals surface area contributed by atoms with Crippen molar-refractivity contribution >= 4 is 38.8 Å². The third-order valence-electron chi connectivity index (χ3n) is 8.44. The topological polar surface area (TPSA) is 131 Å². The van der Waals surface area contributed by atoms with Gasteiger partial charge in [0.1, 0.15) is 22.8 Å². The molecule has 0 saturated carbocycles. The number of phenols is 1. The number of fused-ring (bicyclic) bond motifs is 1. The van der Waals surface area contributed by atoms with Crippen LogP contribution in [0.5, 0.6) is 5.75 Å². The molecule has 2 aromatic heterocycles. The largest absolute Gasteiger partial charge is 0.506 e. The van der Waals surface area contributed by atoms with E-state index in [-0.39, 0.29) is 34.5 Å². The van der Waals surface area contributed by atoms with Gasteiger partial charge in [0.05, 0.1) is 34.6 Å². The summed E-state index contributed by atoms with van der Waals surface area (Å²) in [6.07, 6.45) is 1.31. The number of piperidine rings is 1. The van der Waals surface area contributed by atoms with Crippen molar-refractivity contribution < 1.29 is 24.1 Å². The Balaban J connectivity index is 0.992. The van der Waals surface area contributed by atoms with Gasteiger partial charge in [0.15, 0.2) is 0 Å². The van der Waals surface area contributed by atoms with Crippen LogP contribution in [0.4, 0.5) is 4.39 Å². The minimum atomic E-state index is -0.870. The predicted molar refractivity (Wildman–Crippen MR) is 168 cm³/mol. The minimum absolute atomic E-state index is 0.0312. The number of nitrogens with zero attached hydrogens (tertiary/aromatic N) is 3. The highest BCUT2D eigenvalue weighted by atomic mass is 32.1. The van der Waals surface area contributed by atoms with Crippen LogP contribution in [0.2, 0.25) is 0 Å². The fourth-order valence-corrected chi connectivity index (χ4v) is 7.66. The zero-order chi connectivity index (χ0) is 30.8. The smallest absolute Gasteiger partial charge is 0.305 e. The third kappa shape index (κ3) is 6.87. The van der Waals surface area contributed by atoms with Gasteiger partial charge in [-0.3, -0.25) is 14.5 Å². The second kappa shape index (κ2) is 13.0. The first-order valence-corrected chi connectivity index (χ1v) is 16.5. The van der Waals surface area contributed by atoms with Gasteiger partial charge in [0, 0.05) is 43.7 Å². The molecule has 0 aliphatic carbocycles. The second-order valence-electron chi connectivity index (χ2n) is 11.6. The maximum absolute atomic E-state index is 14.6. The van der Waals surface area contributed by atoms with E-state index in [1.807, 2.05) is 23.3 Å². The van der Waals surface area contributed by atoms with Gasteiger partial charge in [0.2, 0.25) is 0 Å². The van der Waals surface area contributed by atoms with Crippen molar-refractivity contribution in [2.24, 2.45) is 0 Å². The Morgan fingerprint density at radius 2 is 2.02 bits per heavy atom. The zero-order valence-electron chi connectivity index (χ0n) is 24.5. The molecule has 2 saturated heterocycles. The molecule has 2 fully saturated rings. The number of amides is 1. The van der Waals surface area contributed by atoms with Gasteiger partial charge in [-0.2, -0.15) is 0 Å². The number of aromatic amines is 1. The fourth-order valence-electron chi connectivity index (χ4n) is 6.16. The summed E-state index contributed by atoms with van der Waals surface area (Å²) in [6, 6.07) is 8.23. The molecule has 1 amide bonds. The van der Waals surface area contributed by atoms with Gasteiger partial charge in [-0.05, 0) is 62.1 Å². The average Bonchev–Trinajstić information content (AvgIpc) is 3.62. The van der Waals surface area contributed by atoms with Crippen molar-refractivity contribution in [2.75, 3.05) is 45.9 Å². The molecule has 0 radical (unpaired) electrons. The zero-order valence-corrected chi connectivity index (χ0v) is 26.1. The summed E-state index contributed by atoms with van der Waals surface area (Å²) >= 11 is 2.43. The number of aliphatic hydroxyl groups excluding tert-OH is 1. The van der Waals surface area contributed by atoms with Crippen molar-refractivity contribution in [2.45, 2.75) is 44.4 Å². The molecule has 0 unspecified atom stereocenters. The summed E-state index contributed by atoms with van der Waals surface area (Å²) in [4.78, 5) is 35.6. The number of carbonyl (C=O) groups is 1. The monoisotopic (exact) mass is 641 g/mol. The molecule has 10 nitrogen and oxygen atoms in total. The number of rotatable bonds is 9. The van der Waals surface area contributed by atoms with E-state index in [2.05, 4.69) is 20.2 Å². The van der Waals surface area contributed by atoms with Crippen molar-refractivity contribution in [3.8, 4) is 5.75 Å². The highest BCUT2D eigenvalue weighted by Gasteiger charge is 2.41. The molecule has 1 atom stereocenters. The number of thiazole rings is 2. The summed E-state index contributed by atoms with van der Waals surface area (Å²) in [5, 5.41) is 26.6. The van der Waals surface area contributed by atoms with E-state index in [0.29, 0.717) is 60.7 Å². The van der Waals surface area contributed by atoms with E-state index in [1.165, 1.54) is 17.4 Å². The number of hydrogen-bond acceptors (Lipinski definition) is 10. The van der Waals surface area contributed by atoms with Crippen LogP contribution in [0, 0.1) is 12.7 Å². The molecule has 2 aliphatic rings. The number of nitrogens with one attached hydrogen (secondary N) is 2. The Morgan fingerprint density at radius 1 is 1.23 bits per heavy atom. The molecule has 2 aromatic carbocycles. The normalized spacial score (nSPS) is 17.8.